The van der Waals surface area contributed by atoms with Crippen LogP contribution in [0.15, 0.2) is 12.4 Å². The predicted molar refractivity (Wildman–Crippen MR) is 67.5 cm³/mol. The fourth-order valence-corrected chi connectivity index (χ4v) is 2.12. The highest BCUT2D eigenvalue weighted by atomic mass is 16.6. The average molecular weight is 267 g/mol. The van der Waals surface area contributed by atoms with Gasteiger partial charge in [0.1, 0.15) is 18.9 Å². The molecule has 0 radical (unpaired) electrons. The molecule has 19 heavy (non-hydrogen) atoms. The molecule has 8 heteroatoms. The third kappa shape index (κ3) is 3.50. The van der Waals surface area contributed by atoms with E-state index in [-0.39, 0.29) is 24.2 Å². The first-order valence-electron chi connectivity index (χ1n) is 6.23. The topological polar surface area (TPSA) is 102 Å². The van der Waals surface area contributed by atoms with Gasteiger partial charge in [0.15, 0.2) is 0 Å². The number of hydrogen-bond acceptors (Lipinski definition) is 5. The maximum Gasteiger partial charge on any atom is 0.307 e. The van der Waals surface area contributed by atoms with Crippen LogP contribution in [0.5, 0.6) is 0 Å². The number of rotatable bonds is 4. The summed E-state index contributed by atoms with van der Waals surface area (Å²) in [5.41, 5.74) is -0.111. The number of nitrogens with zero attached hydrogens (tertiary/aromatic N) is 3. The third-order valence-electron chi connectivity index (χ3n) is 3.31. The predicted octanol–water partition coefficient (Wildman–Crippen LogP) is -0.0945. The number of piperidine rings is 1. The molecule has 0 bridgehead atoms. The summed E-state index contributed by atoms with van der Waals surface area (Å²) >= 11 is 0. The molecule has 2 unspecified atom stereocenters. The van der Waals surface area contributed by atoms with Gasteiger partial charge in [-0.05, 0) is 18.9 Å². The summed E-state index contributed by atoms with van der Waals surface area (Å²) in [6.07, 6.45) is 3.42. The van der Waals surface area contributed by atoms with Crippen LogP contribution in [-0.2, 0) is 11.3 Å². The second-order valence-corrected chi connectivity index (χ2v) is 4.80. The Hall–Kier alpha value is -1.96. The molecule has 1 aliphatic heterocycles. The molecule has 1 aliphatic rings. The van der Waals surface area contributed by atoms with Gasteiger partial charge in [0.2, 0.25) is 5.91 Å². The number of hydrogen-bond donors (Lipinski definition) is 2. The zero-order valence-electron chi connectivity index (χ0n) is 10.7. The van der Waals surface area contributed by atoms with Gasteiger partial charge < -0.3 is 10.6 Å². The van der Waals surface area contributed by atoms with Gasteiger partial charge in [-0.25, -0.2) is 0 Å². The van der Waals surface area contributed by atoms with Gasteiger partial charge in [-0.15, -0.1) is 0 Å². The fraction of sp³-hybridized carbons (Fsp3) is 0.636. The summed E-state index contributed by atoms with van der Waals surface area (Å²) in [5.74, 6) is 0.246. The van der Waals surface area contributed by atoms with Crippen molar-refractivity contribution in [3.05, 3.63) is 22.5 Å². The summed E-state index contributed by atoms with van der Waals surface area (Å²) in [7, 11) is 0. The molecular weight excluding hydrogens is 250 g/mol. The van der Waals surface area contributed by atoms with Crippen LogP contribution in [0.1, 0.15) is 13.3 Å². The van der Waals surface area contributed by atoms with Crippen molar-refractivity contribution in [1.82, 2.24) is 20.4 Å². The number of nitrogens with one attached hydrogen (secondary N) is 2. The average Bonchev–Trinajstić information content (AvgIpc) is 2.80. The van der Waals surface area contributed by atoms with Crippen molar-refractivity contribution in [1.29, 1.82) is 0 Å². The van der Waals surface area contributed by atoms with E-state index in [1.165, 1.54) is 10.9 Å². The molecule has 2 N–H and O–H groups in total. The largest absolute Gasteiger partial charge is 0.350 e. The van der Waals surface area contributed by atoms with Gasteiger partial charge in [-0.1, -0.05) is 6.92 Å². The van der Waals surface area contributed by atoms with Gasteiger partial charge in [0.05, 0.1) is 4.92 Å². The summed E-state index contributed by atoms with van der Waals surface area (Å²) in [6.45, 7) is 3.83. The second kappa shape index (κ2) is 5.79. The maximum absolute atomic E-state index is 11.8. The molecule has 104 valence electrons. The highest BCUT2D eigenvalue weighted by Crippen LogP contribution is 2.11. The molecule has 1 saturated heterocycles. The first-order chi connectivity index (χ1) is 9.06. The molecule has 1 aromatic rings. The Morgan fingerprint density at radius 1 is 1.74 bits per heavy atom. The summed E-state index contributed by atoms with van der Waals surface area (Å²) in [4.78, 5) is 21.8. The van der Waals surface area contributed by atoms with Crippen LogP contribution in [0.25, 0.3) is 0 Å². The van der Waals surface area contributed by atoms with E-state index in [1.54, 1.807) is 0 Å². The molecule has 0 spiro atoms. The van der Waals surface area contributed by atoms with Crippen molar-refractivity contribution in [3.8, 4) is 0 Å². The van der Waals surface area contributed by atoms with Crippen LogP contribution >= 0.6 is 0 Å². The molecule has 8 nitrogen and oxygen atoms in total. The molecule has 2 atom stereocenters. The van der Waals surface area contributed by atoms with Crippen LogP contribution in [0.2, 0.25) is 0 Å². The smallest absolute Gasteiger partial charge is 0.307 e. The molecule has 2 heterocycles. The maximum atomic E-state index is 11.8. The Labute approximate surface area is 110 Å². The van der Waals surface area contributed by atoms with E-state index in [0.717, 1.165) is 25.7 Å². The van der Waals surface area contributed by atoms with Crippen LogP contribution in [0.4, 0.5) is 5.69 Å². The molecule has 0 saturated carbocycles. The zero-order chi connectivity index (χ0) is 13.8. The molecule has 2 rings (SSSR count). The van der Waals surface area contributed by atoms with E-state index in [2.05, 4.69) is 22.7 Å². The normalized spacial score (nSPS) is 23.0. The van der Waals surface area contributed by atoms with E-state index in [0.29, 0.717) is 5.92 Å². The Morgan fingerprint density at radius 2 is 2.53 bits per heavy atom. The van der Waals surface area contributed by atoms with Crippen LogP contribution in [0, 0.1) is 16.0 Å². The SMILES string of the molecule is CC1CCNCC1NC(=O)Cn1cc([N+](=O)[O-])cn1. The second-order valence-electron chi connectivity index (χ2n) is 4.80. The van der Waals surface area contributed by atoms with Gasteiger partial charge in [0.25, 0.3) is 0 Å². The number of carbonyl (C=O) groups is 1. The molecule has 1 amide bonds. The molecular formula is C11H17N5O3. The quantitative estimate of drug-likeness (QED) is 0.586. The van der Waals surface area contributed by atoms with Crippen molar-refractivity contribution in [2.75, 3.05) is 13.1 Å². The van der Waals surface area contributed by atoms with Crippen LogP contribution in [-0.4, -0.2) is 39.7 Å². The minimum atomic E-state index is -0.533. The number of aromatic nitrogens is 2. The number of carbonyl (C=O) groups excluding carboxylic acids is 1. The molecule has 0 aromatic carbocycles. The van der Waals surface area contributed by atoms with Gasteiger partial charge in [-0.2, -0.15) is 5.10 Å². The molecule has 1 aromatic heterocycles. The summed E-state index contributed by atoms with van der Waals surface area (Å²) < 4.78 is 1.27. The first kappa shape index (κ1) is 13.5. The van der Waals surface area contributed by atoms with Crippen molar-refractivity contribution >= 4 is 11.6 Å². The molecule has 1 fully saturated rings. The Balaban J connectivity index is 1.87. The fourth-order valence-electron chi connectivity index (χ4n) is 2.12. The van der Waals surface area contributed by atoms with Crippen molar-refractivity contribution in [2.45, 2.75) is 25.9 Å². The monoisotopic (exact) mass is 267 g/mol. The molecule has 0 aliphatic carbocycles. The lowest BCUT2D eigenvalue weighted by atomic mass is 9.95. The Morgan fingerprint density at radius 3 is 3.16 bits per heavy atom. The Bertz CT molecular complexity index is 473. The number of nitro groups is 1. The third-order valence-corrected chi connectivity index (χ3v) is 3.31. The first-order valence-corrected chi connectivity index (χ1v) is 6.23. The number of amides is 1. The highest BCUT2D eigenvalue weighted by molar-refractivity contribution is 5.76. The van der Waals surface area contributed by atoms with Gasteiger partial charge in [0, 0.05) is 12.6 Å². The lowest BCUT2D eigenvalue weighted by Crippen LogP contribution is -2.50. The highest BCUT2D eigenvalue weighted by Gasteiger charge is 2.22. The summed E-state index contributed by atoms with van der Waals surface area (Å²) in [5, 5.41) is 20.4. The van der Waals surface area contributed by atoms with Crippen LogP contribution in [0.3, 0.4) is 0 Å². The van der Waals surface area contributed by atoms with E-state index >= 15 is 0 Å². The van der Waals surface area contributed by atoms with Crippen LogP contribution < -0.4 is 10.6 Å². The van der Waals surface area contributed by atoms with Crippen molar-refractivity contribution in [3.63, 3.8) is 0 Å². The van der Waals surface area contributed by atoms with Crippen molar-refractivity contribution < 1.29 is 9.72 Å². The summed E-state index contributed by atoms with van der Waals surface area (Å²) in [6, 6.07) is 0.104. The van der Waals surface area contributed by atoms with E-state index in [4.69, 9.17) is 0 Å². The van der Waals surface area contributed by atoms with E-state index in [9.17, 15) is 14.9 Å². The van der Waals surface area contributed by atoms with E-state index in [1.807, 2.05) is 0 Å². The lowest BCUT2D eigenvalue weighted by Gasteiger charge is -2.30. The van der Waals surface area contributed by atoms with E-state index < -0.39 is 4.92 Å². The van der Waals surface area contributed by atoms with Gasteiger partial charge >= 0.3 is 5.69 Å². The van der Waals surface area contributed by atoms with Crippen molar-refractivity contribution in [2.24, 2.45) is 5.92 Å². The standard InChI is InChI=1S/C11H17N5O3/c1-8-2-3-12-5-10(8)14-11(17)7-15-6-9(4-13-15)16(18)19/h4,6,8,10,12H,2-3,5,7H2,1H3,(H,14,17). The minimum absolute atomic E-state index is 0.00292. The lowest BCUT2D eigenvalue weighted by molar-refractivity contribution is -0.385. The Kier molecular flexibility index (Phi) is 4.10. The van der Waals surface area contributed by atoms with Gasteiger partial charge in [-0.3, -0.25) is 19.6 Å². The minimum Gasteiger partial charge on any atom is -0.350 e. The zero-order valence-corrected chi connectivity index (χ0v) is 10.7.